The van der Waals surface area contributed by atoms with Crippen molar-refractivity contribution in [3.63, 3.8) is 0 Å². The molecule has 0 aliphatic carbocycles. The number of rotatable bonds is 13. The number of hydrogen-bond donors (Lipinski definition) is 1. The molecule has 10 nitrogen and oxygen atoms in total. The first kappa shape index (κ1) is 40.2. The van der Waals surface area contributed by atoms with E-state index in [1.807, 2.05) is 77.1 Å². The molecule has 0 aliphatic rings. The molecule has 1 heterocycles. The number of benzene rings is 2. The van der Waals surface area contributed by atoms with Gasteiger partial charge in [-0.2, -0.15) is 0 Å². The van der Waals surface area contributed by atoms with Crippen LogP contribution in [0.4, 0.5) is 10.6 Å². The van der Waals surface area contributed by atoms with Crippen LogP contribution in [0.2, 0.25) is 18.1 Å². The number of aromatic nitrogens is 1. The highest BCUT2D eigenvalue weighted by molar-refractivity contribution is 6.74. The van der Waals surface area contributed by atoms with E-state index in [1.165, 1.54) is 14.0 Å². The van der Waals surface area contributed by atoms with Crippen LogP contribution >= 0.6 is 0 Å². The van der Waals surface area contributed by atoms with Gasteiger partial charge in [0.15, 0.2) is 8.32 Å². The number of nitrogens with zero attached hydrogens (tertiary/aromatic N) is 2. The summed E-state index contributed by atoms with van der Waals surface area (Å²) < 4.78 is 23.7. The highest BCUT2D eigenvalue weighted by Gasteiger charge is 2.40. The largest absolute Gasteiger partial charge is 0.490 e. The van der Waals surface area contributed by atoms with E-state index in [1.54, 1.807) is 23.2 Å². The quantitative estimate of drug-likeness (QED) is 0.139. The van der Waals surface area contributed by atoms with E-state index < -0.39 is 32.1 Å². The number of pyridine rings is 1. The summed E-state index contributed by atoms with van der Waals surface area (Å²) in [6, 6.07) is 17.2. The first-order chi connectivity index (χ1) is 23.2. The summed E-state index contributed by atoms with van der Waals surface area (Å²) in [5, 5.41) is 2.63. The summed E-state index contributed by atoms with van der Waals surface area (Å²) >= 11 is 0. The number of nitrogens with one attached hydrogen (secondary N) is 1. The second-order valence-corrected chi connectivity index (χ2v) is 20.0. The maximum Gasteiger partial charge on any atom is 0.410 e. The van der Waals surface area contributed by atoms with Gasteiger partial charge in [0.05, 0.1) is 25.9 Å². The zero-order chi connectivity index (χ0) is 37.4. The molecule has 1 atom stereocenters. The Morgan fingerprint density at radius 1 is 0.920 bits per heavy atom. The molecule has 50 heavy (non-hydrogen) atoms. The molecule has 0 unspecified atom stereocenters. The fourth-order valence-electron chi connectivity index (χ4n) is 4.84. The predicted octanol–water partition coefficient (Wildman–Crippen LogP) is 8.82. The van der Waals surface area contributed by atoms with Gasteiger partial charge in [0, 0.05) is 19.7 Å². The van der Waals surface area contributed by atoms with Crippen molar-refractivity contribution in [2.75, 3.05) is 25.5 Å². The van der Waals surface area contributed by atoms with Crippen LogP contribution in [0.15, 0.2) is 60.8 Å². The first-order valence-corrected chi connectivity index (χ1v) is 20.0. The van der Waals surface area contributed by atoms with Gasteiger partial charge in [-0.25, -0.2) is 14.6 Å². The summed E-state index contributed by atoms with van der Waals surface area (Å²) in [4.78, 5) is 43.7. The zero-order valence-corrected chi connectivity index (χ0v) is 32.8. The molecular formula is C39H55N3O7Si. The van der Waals surface area contributed by atoms with E-state index in [2.05, 4.69) is 44.2 Å². The lowest BCUT2D eigenvalue weighted by Crippen LogP contribution is -2.46. The van der Waals surface area contributed by atoms with E-state index in [-0.39, 0.29) is 23.6 Å². The molecule has 0 fully saturated rings. The Bertz CT molecular complexity index is 1610. The van der Waals surface area contributed by atoms with Crippen LogP contribution in [-0.2, 0) is 25.1 Å². The smallest absolute Gasteiger partial charge is 0.410 e. The van der Waals surface area contributed by atoms with E-state index >= 15 is 0 Å². The van der Waals surface area contributed by atoms with Crippen molar-refractivity contribution in [3.8, 4) is 16.9 Å². The molecule has 2 amide bonds. The van der Waals surface area contributed by atoms with Crippen LogP contribution in [0.5, 0.6) is 5.75 Å². The molecule has 0 saturated heterocycles. The maximum atomic E-state index is 13.7. The summed E-state index contributed by atoms with van der Waals surface area (Å²) in [5.74, 6) is 0.260. The van der Waals surface area contributed by atoms with Gasteiger partial charge in [0.2, 0.25) is 5.91 Å². The van der Waals surface area contributed by atoms with Crippen LogP contribution in [0.25, 0.3) is 11.1 Å². The Hall–Kier alpha value is -4.22. The number of anilines is 1. The molecule has 272 valence electrons. The van der Waals surface area contributed by atoms with Crippen molar-refractivity contribution in [1.82, 2.24) is 9.88 Å². The Morgan fingerprint density at radius 2 is 1.56 bits per heavy atom. The van der Waals surface area contributed by atoms with E-state index in [0.29, 0.717) is 30.1 Å². The fraction of sp³-hybridized carbons (Fsp3) is 0.487. The van der Waals surface area contributed by atoms with E-state index in [4.69, 9.17) is 18.6 Å². The Balaban J connectivity index is 1.90. The molecule has 0 bridgehead atoms. The number of ether oxygens (including phenoxy) is 3. The van der Waals surface area contributed by atoms with Crippen molar-refractivity contribution < 1.29 is 33.0 Å². The lowest BCUT2D eigenvalue weighted by atomic mass is 10.0. The van der Waals surface area contributed by atoms with Crippen LogP contribution in [0.3, 0.4) is 0 Å². The number of carbonyl (C=O) groups is 3. The third-order valence-corrected chi connectivity index (χ3v) is 12.9. The van der Waals surface area contributed by atoms with Gasteiger partial charge < -0.3 is 28.9 Å². The fourth-order valence-corrected chi connectivity index (χ4v) is 6.11. The number of hydrogen-bond acceptors (Lipinski definition) is 8. The summed E-state index contributed by atoms with van der Waals surface area (Å²) in [5.41, 5.74) is 3.39. The molecule has 0 radical (unpaired) electrons. The third kappa shape index (κ3) is 11.7. The summed E-state index contributed by atoms with van der Waals surface area (Å²) in [6.45, 7) is 22.3. The molecule has 1 N–H and O–H groups in total. The van der Waals surface area contributed by atoms with Crippen molar-refractivity contribution in [3.05, 3.63) is 77.5 Å². The highest BCUT2D eigenvalue weighted by Crippen LogP contribution is 2.40. The molecule has 3 aromatic rings. The average molecular weight is 706 g/mol. The normalized spacial score (nSPS) is 12.7. The highest BCUT2D eigenvalue weighted by atomic mass is 28.4. The summed E-state index contributed by atoms with van der Waals surface area (Å²) in [7, 11) is -0.950. The molecule has 1 aromatic heterocycles. The molecule has 0 saturated carbocycles. The molecule has 0 spiro atoms. The number of esters is 1. The zero-order valence-electron chi connectivity index (χ0n) is 31.8. The summed E-state index contributed by atoms with van der Waals surface area (Å²) in [6.07, 6.45) is 1.26. The van der Waals surface area contributed by atoms with Gasteiger partial charge in [0.25, 0.3) is 0 Å². The topological polar surface area (TPSA) is 116 Å². The molecule has 2 aromatic carbocycles. The van der Waals surface area contributed by atoms with Gasteiger partial charge in [-0.1, -0.05) is 57.2 Å². The monoisotopic (exact) mass is 705 g/mol. The Kier molecular flexibility index (Phi) is 13.4. The first-order valence-electron chi connectivity index (χ1n) is 17.1. The minimum Gasteiger partial charge on any atom is -0.490 e. The van der Waals surface area contributed by atoms with Crippen LogP contribution in [0.1, 0.15) is 89.9 Å². The van der Waals surface area contributed by atoms with E-state index in [0.717, 1.165) is 22.3 Å². The standard InChI is InChI=1S/C39H55N3O7Si/c1-26(2)47-33-23-30(17-19-32(33)36(44)46-10)29-15-13-28(14-16-29)21-22-42(37(45)48-38(4,5)6)25-34(49-50(11,12)39(7,8)9)31-18-20-35(40-24-31)41-27(3)43/h13-20,23-24,26,34H,21-22,25H2,1-12H3,(H,40,41,43)/t34-/m0/s1. The Morgan fingerprint density at radius 3 is 2.08 bits per heavy atom. The molecule has 0 aliphatic heterocycles. The molecule has 3 rings (SSSR count). The van der Waals surface area contributed by atoms with Gasteiger partial charge >= 0.3 is 12.1 Å². The minimum absolute atomic E-state index is 0.0748. The second kappa shape index (κ2) is 16.7. The third-order valence-electron chi connectivity index (χ3n) is 8.45. The minimum atomic E-state index is -2.30. The van der Waals surface area contributed by atoms with Crippen LogP contribution < -0.4 is 10.1 Å². The van der Waals surface area contributed by atoms with Gasteiger partial charge in [-0.15, -0.1) is 0 Å². The second-order valence-electron chi connectivity index (χ2n) is 15.3. The van der Waals surface area contributed by atoms with Gasteiger partial charge in [-0.05, 0) is 99.6 Å². The van der Waals surface area contributed by atoms with Crippen molar-refractivity contribution in [2.45, 2.75) is 105 Å². The number of carbonyl (C=O) groups excluding carboxylic acids is 3. The number of methoxy groups -OCH3 is 1. The van der Waals surface area contributed by atoms with Crippen molar-refractivity contribution >= 4 is 32.1 Å². The Labute approximate surface area is 299 Å². The average Bonchev–Trinajstić information content (AvgIpc) is 3.00. The lowest BCUT2D eigenvalue weighted by Gasteiger charge is -2.40. The predicted molar refractivity (Wildman–Crippen MR) is 200 cm³/mol. The number of amides is 2. The van der Waals surface area contributed by atoms with Crippen LogP contribution in [0, 0.1) is 0 Å². The molecule has 11 heteroatoms. The lowest BCUT2D eigenvalue weighted by molar-refractivity contribution is -0.114. The van der Waals surface area contributed by atoms with Gasteiger partial charge in [0.1, 0.15) is 22.7 Å². The SMILES string of the molecule is COC(=O)c1ccc(-c2ccc(CCN(C[C@H](O[Si](C)(C)C(C)(C)C)c3ccc(NC(C)=O)nc3)C(=O)OC(C)(C)C)cc2)cc1OC(C)C. The van der Waals surface area contributed by atoms with Crippen LogP contribution in [-0.4, -0.2) is 68.1 Å². The van der Waals surface area contributed by atoms with Gasteiger partial charge in [-0.3, -0.25) is 4.79 Å². The van der Waals surface area contributed by atoms with Crippen molar-refractivity contribution in [1.29, 1.82) is 0 Å². The maximum absolute atomic E-state index is 13.7. The van der Waals surface area contributed by atoms with E-state index in [9.17, 15) is 14.4 Å². The molecular weight excluding hydrogens is 651 g/mol. The van der Waals surface area contributed by atoms with Crippen molar-refractivity contribution in [2.24, 2.45) is 0 Å².